The zero-order valence-electron chi connectivity index (χ0n) is 9.57. The van der Waals surface area contributed by atoms with Gasteiger partial charge in [0.25, 0.3) is 0 Å². The van der Waals surface area contributed by atoms with E-state index in [1.165, 1.54) is 42.7 Å². The molecule has 0 unspecified atom stereocenters. The molecule has 0 aliphatic carbocycles. The van der Waals surface area contributed by atoms with Gasteiger partial charge in [0.15, 0.2) is 0 Å². The highest BCUT2D eigenvalue weighted by Gasteiger charge is 2.19. The Morgan fingerprint density at radius 3 is 1.69 bits per heavy atom. The fourth-order valence-electron chi connectivity index (χ4n) is 1.57. The molecule has 0 saturated carbocycles. The van der Waals surface area contributed by atoms with Gasteiger partial charge in [-0.1, -0.05) is 12.2 Å². The molecule has 0 N–H and O–H groups in total. The Morgan fingerprint density at radius 1 is 1.08 bits per heavy atom. The second-order valence-electron chi connectivity index (χ2n) is 3.72. The summed E-state index contributed by atoms with van der Waals surface area (Å²) in [5.41, 5.74) is 1.31. The Hall–Kier alpha value is 0.430. The van der Waals surface area contributed by atoms with Gasteiger partial charge in [0.2, 0.25) is 0 Å². The van der Waals surface area contributed by atoms with Crippen LogP contribution in [0.1, 0.15) is 34.1 Å². The van der Waals surface area contributed by atoms with E-state index in [1.54, 1.807) is 0 Å². The van der Waals surface area contributed by atoms with Crippen molar-refractivity contribution in [1.29, 1.82) is 0 Å². The van der Waals surface area contributed by atoms with Gasteiger partial charge in [-0.2, -0.15) is 0 Å². The molecule has 0 radical (unpaired) electrons. The fraction of sp³-hybridized carbons (Fsp3) is 0.818. The molecule has 1 nitrogen and oxygen atoms in total. The molecule has 13 heavy (non-hydrogen) atoms. The zero-order valence-corrected chi connectivity index (χ0v) is 11.7. The van der Waals surface area contributed by atoms with Gasteiger partial charge in [-0.25, -0.2) is 0 Å². The van der Waals surface area contributed by atoms with Gasteiger partial charge in [0.05, 0.1) is 26.2 Å². The van der Waals surface area contributed by atoms with Crippen LogP contribution in [0.15, 0.2) is 12.2 Å². The molecule has 0 saturated heterocycles. The molecule has 0 heterocycles. The van der Waals surface area contributed by atoms with Crippen molar-refractivity contribution in [3.63, 3.8) is 0 Å². The monoisotopic (exact) mass is 297 g/mol. The van der Waals surface area contributed by atoms with E-state index in [-0.39, 0.29) is 24.0 Å². The van der Waals surface area contributed by atoms with E-state index >= 15 is 0 Å². The highest BCUT2D eigenvalue weighted by molar-refractivity contribution is 4.87. The largest absolute Gasteiger partial charge is 1.00 e. The molecule has 80 valence electrons. The lowest BCUT2D eigenvalue weighted by Gasteiger charge is -2.35. The number of nitrogens with zero attached hydrogens (tertiary/aromatic N) is 1. The summed E-state index contributed by atoms with van der Waals surface area (Å²) < 4.78 is 1.24. The summed E-state index contributed by atoms with van der Waals surface area (Å²) in [5.74, 6) is 0. The molecular weight excluding hydrogens is 273 g/mol. The van der Waals surface area contributed by atoms with Crippen molar-refractivity contribution in [1.82, 2.24) is 0 Å². The van der Waals surface area contributed by atoms with Gasteiger partial charge in [-0.05, 0) is 27.7 Å². The van der Waals surface area contributed by atoms with Crippen LogP contribution in [0.3, 0.4) is 0 Å². The van der Waals surface area contributed by atoms with Crippen LogP contribution in [0.4, 0.5) is 0 Å². The highest BCUT2D eigenvalue weighted by atomic mass is 127. The summed E-state index contributed by atoms with van der Waals surface area (Å²) >= 11 is 0. The third-order valence-electron chi connectivity index (χ3n) is 3.03. The standard InChI is InChI=1S/C11H24N.HI/c1-6-12(7-2,8-3)10-9-11(4)5;/h4,6-10H2,1-3,5H3;1H/q+1;/p-1. The third-order valence-corrected chi connectivity index (χ3v) is 3.03. The van der Waals surface area contributed by atoms with E-state index in [0.29, 0.717) is 0 Å². The lowest BCUT2D eigenvalue weighted by atomic mass is 10.2. The Balaban J connectivity index is 0. The zero-order chi connectivity index (χ0) is 9.61. The first-order chi connectivity index (χ1) is 5.60. The third kappa shape index (κ3) is 5.68. The van der Waals surface area contributed by atoms with E-state index < -0.39 is 0 Å². The first-order valence-electron chi connectivity index (χ1n) is 5.09. The fourth-order valence-corrected chi connectivity index (χ4v) is 1.57. The molecule has 0 bridgehead atoms. The van der Waals surface area contributed by atoms with Crippen LogP contribution in [0, 0.1) is 0 Å². The van der Waals surface area contributed by atoms with Crippen molar-refractivity contribution in [3.8, 4) is 0 Å². The predicted octanol–water partition coefficient (Wildman–Crippen LogP) is -0.167. The average Bonchev–Trinajstić information content (AvgIpc) is 2.08. The smallest absolute Gasteiger partial charge is 0.0823 e. The van der Waals surface area contributed by atoms with Crippen molar-refractivity contribution in [3.05, 3.63) is 12.2 Å². The van der Waals surface area contributed by atoms with Crippen LogP contribution in [-0.2, 0) is 0 Å². The summed E-state index contributed by atoms with van der Waals surface area (Å²) in [4.78, 5) is 0. The summed E-state index contributed by atoms with van der Waals surface area (Å²) in [6.45, 7) is 17.9. The maximum absolute atomic E-state index is 3.95. The Kier molecular flexibility index (Phi) is 9.53. The van der Waals surface area contributed by atoms with Crippen molar-refractivity contribution in [2.75, 3.05) is 26.2 Å². The van der Waals surface area contributed by atoms with Gasteiger partial charge < -0.3 is 28.5 Å². The van der Waals surface area contributed by atoms with Crippen molar-refractivity contribution in [2.45, 2.75) is 34.1 Å². The minimum Gasteiger partial charge on any atom is -1.00 e. The van der Waals surface area contributed by atoms with Crippen LogP contribution < -0.4 is 24.0 Å². The van der Waals surface area contributed by atoms with E-state index in [1.807, 2.05) is 0 Å². The Morgan fingerprint density at radius 2 is 1.46 bits per heavy atom. The Labute approximate surface area is 101 Å². The molecule has 0 spiro atoms. The van der Waals surface area contributed by atoms with E-state index in [9.17, 15) is 0 Å². The van der Waals surface area contributed by atoms with E-state index in [0.717, 1.165) is 0 Å². The number of rotatable bonds is 6. The van der Waals surface area contributed by atoms with Gasteiger partial charge in [0, 0.05) is 6.42 Å². The molecular formula is C11H24IN. The topological polar surface area (TPSA) is 0 Å². The van der Waals surface area contributed by atoms with Crippen molar-refractivity contribution < 1.29 is 28.5 Å². The first-order valence-corrected chi connectivity index (χ1v) is 5.09. The molecule has 2 heteroatoms. The summed E-state index contributed by atoms with van der Waals surface area (Å²) in [7, 11) is 0. The molecule has 0 aromatic carbocycles. The maximum atomic E-state index is 3.95. The maximum Gasteiger partial charge on any atom is 0.0823 e. The molecule has 0 aliphatic rings. The number of hydrogen-bond acceptors (Lipinski definition) is 0. The molecule has 0 fully saturated rings. The first kappa shape index (κ1) is 15.9. The van der Waals surface area contributed by atoms with Gasteiger partial charge in [0.1, 0.15) is 0 Å². The number of halogens is 1. The quantitative estimate of drug-likeness (QED) is 0.363. The number of hydrogen-bond donors (Lipinski definition) is 0. The summed E-state index contributed by atoms with van der Waals surface area (Å²) in [6, 6.07) is 0. The lowest BCUT2D eigenvalue weighted by molar-refractivity contribution is -0.923. The van der Waals surface area contributed by atoms with Crippen LogP contribution >= 0.6 is 0 Å². The van der Waals surface area contributed by atoms with E-state index in [2.05, 4.69) is 34.3 Å². The van der Waals surface area contributed by atoms with Crippen LogP contribution in [0.5, 0.6) is 0 Å². The normalized spacial score (nSPS) is 10.8. The van der Waals surface area contributed by atoms with Gasteiger partial charge in [-0.15, -0.1) is 0 Å². The molecule has 0 rings (SSSR count). The van der Waals surface area contributed by atoms with Crippen molar-refractivity contribution >= 4 is 0 Å². The van der Waals surface area contributed by atoms with Crippen molar-refractivity contribution in [2.24, 2.45) is 0 Å². The molecule has 0 aromatic heterocycles. The van der Waals surface area contributed by atoms with Gasteiger partial charge in [-0.3, -0.25) is 0 Å². The second-order valence-corrected chi connectivity index (χ2v) is 3.72. The SMILES string of the molecule is C=C(C)CC[N+](CC)(CC)CC.[I-]. The molecule has 0 atom stereocenters. The predicted molar refractivity (Wildman–Crippen MR) is 56.2 cm³/mol. The molecule has 0 amide bonds. The Bertz CT molecular complexity index is 131. The summed E-state index contributed by atoms with van der Waals surface area (Å²) in [5, 5.41) is 0. The molecule has 0 aromatic rings. The highest BCUT2D eigenvalue weighted by Crippen LogP contribution is 2.09. The minimum atomic E-state index is 0. The molecule has 0 aliphatic heterocycles. The average molecular weight is 297 g/mol. The van der Waals surface area contributed by atoms with Crippen LogP contribution in [0.25, 0.3) is 0 Å². The van der Waals surface area contributed by atoms with Crippen LogP contribution in [-0.4, -0.2) is 30.7 Å². The minimum absolute atomic E-state index is 0. The summed E-state index contributed by atoms with van der Waals surface area (Å²) in [6.07, 6.45) is 1.18. The lowest BCUT2D eigenvalue weighted by Crippen LogP contribution is -3.00. The van der Waals surface area contributed by atoms with Crippen LogP contribution in [0.2, 0.25) is 0 Å². The van der Waals surface area contributed by atoms with E-state index in [4.69, 9.17) is 0 Å². The van der Waals surface area contributed by atoms with Gasteiger partial charge >= 0.3 is 0 Å². The number of quaternary nitrogens is 1. The second kappa shape index (κ2) is 7.80.